The average Bonchev–Trinajstić information content (AvgIpc) is 2.68. The largest absolute Gasteiger partial charge is 0.341 e. The van der Waals surface area contributed by atoms with Gasteiger partial charge in [-0.3, -0.25) is 9.59 Å². The summed E-state index contributed by atoms with van der Waals surface area (Å²) in [7, 11) is 1.81. The molecule has 0 N–H and O–H groups in total. The number of carbonyl (C=O) groups excluding carboxylic acids is 1. The first kappa shape index (κ1) is 18.3. The predicted molar refractivity (Wildman–Crippen MR) is 98.2 cm³/mol. The van der Waals surface area contributed by atoms with Crippen LogP contribution in [-0.4, -0.2) is 33.7 Å². The van der Waals surface area contributed by atoms with Crippen molar-refractivity contribution in [2.75, 3.05) is 7.05 Å². The fourth-order valence-corrected chi connectivity index (χ4v) is 3.52. The van der Waals surface area contributed by atoms with Gasteiger partial charge in [0.1, 0.15) is 11.9 Å². The molecule has 0 aliphatic heterocycles. The number of likely N-dealkylation sites (N-methyl/N-ethyl adjacent to an activating group) is 1. The van der Waals surface area contributed by atoms with Crippen LogP contribution >= 0.6 is 0 Å². The molecule has 1 saturated carbocycles. The van der Waals surface area contributed by atoms with Crippen molar-refractivity contribution >= 4 is 5.91 Å². The van der Waals surface area contributed by atoms with E-state index in [2.05, 4.69) is 5.10 Å². The molecule has 1 aliphatic rings. The minimum Gasteiger partial charge on any atom is -0.341 e. The van der Waals surface area contributed by atoms with E-state index in [-0.39, 0.29) is 23.3 Å². The van der Waals surface area contributed by atoms with E-state index in [1.54, 1.807) is 30.0 Å². The molecule has 1 aromatic carbocycles. The first-order valence-corrected chi connectivity index (χ1v) is 9.10. The summed E-state index contributed by atoms with van der Waals surface area (Å²) in [5.41, 5.74) is 0.902. The summed E-state index contributed by atoms with van der Waals surface area (Å²) in [4.78, 5) is 26.9. The van der Waals surface area contributed by atoms with Crippen molar-refractivity contribution in [3.63, 3.8) is 0 Å². The van der Waals surface area contributed by atoms with Crippen LogP contribution in [0.25, 0.3) is 11.3 Å². The SMILES string of the molecule is CC(C(=O)N(C)C1CCCCC1)n1nc(-c2ccc(F)cc2)ccc1=O. The maximum absolute atomic E-state index is 13.1. The Balaban J connectivity index is 1.85. The highest BCUT2D eigenvalue weighted by molar-refractivity contribution is 5.80. The van der Waals surface area contributed by atoms with Gasteiger partial charge in [-0.2, -0.15) is 5.10 Å². The summed E-state index contributed by atoms with van der Waals surface area (Å²) in [5.74, 6) is -0.442. The average molecular weight is 357 g/mol. The maximum atomic E-state index is 13.1. The quantitative estimate of drug-likeness (QED) is 0.843. The van der Waals surface area contributed by atoms with Crippen LogP contribution in [0.4, 0.5) is 4.39 Å². The van der Waals surface area contributed by atoms with Crippen molar-refractivity contribution in [3.8, 4) is 11.3 Å². The van der Waals surface area contributed by atoms with E-state index in [0.717, 1.165) is 25.7 Å². The zero-order valence-corrected chi connectivity index (χ0v) is 15.2. The molecule has 138 valence electrons. The van der Waals surface area contributed by atoms with Crippen LogP contribution in [0.15, 0.2) is 41.2 Å². The van der Waals surface area contributed by atoms with Crippen molar-refractivity contribution in [3.05, 3.63) is 52.6 Å². The zero-order chi connectivity index (χ0) is 18.7. The van der Waals surface area contributed by atoms with E-state index in [0.29, 0.717) is 11.3 Å². The van der Waals surface area contributed by atoms with Gasteiger partial charge >= 0.3 is 0 Å². The number of carbonyl (C=O) groups is 1. The number of benzene rings is 1. The molecule has 0 radical (unpaired) electrons. The van der Waals surface area contributed by atoms with Gasteiger partial charge in [0.05, 0.1) is 5.69 Å². The van der Waals surface area contributed by atoms with E-state index in [9.17, 15) is 14.0 Å². The van der Waals surface area contributed by atoms with Crippen LogP contribution in [0.2, 0.25) is 0 Å². The smallest absolute Gasteiger partial charge is 0.267 e. The number of aromatic nitrogens is 2. The molecule has 5 nitrogen and oxygen atoms in total. The lowest BCUT2D eigenvalue weighted by molar-refractivity contribution is -0.136. The molecule has 1 aliphatic carbocycles. The summed E-state index contributed by atoms with van der Waals surface area (Å²) in [6.45, 7) is 1.70. The molecule has 26 heavy (non-hydrogen) atoms. The molecule has 0 bridgehead atoms. The second-order valence-corrected chi connectivity index (χ2v) is 6.93. The second-order valence-electron chi connectivity index (χ2n) is 6.93. The second kappa shape index (κ2) is 7.81. The number of rotatable bonds is 4. The minimum atomic E-state index is -0.685. The van der Waals surface area contributed by atoms with Gasteiger partial charge < -0.3 is 4.90 Å². The molecule has 0 saturated heterocycles. The third kappa shape index (κ3) is 3.84. The normalized spacial score (nSPS) is 16.3. The Morgan fingerprint density at radius 1 is 1.15 bits per heavy atom. The predicted octanol–water partition coefficient (Wildman–Crippen LogP) is 3.40. The minimum absolute atomic E-state index is 0.109. The number of hydrogen-bond donors (Lipinski definition) is 0. The molecular formula is C20H24FN3O2. The summed E-state index contributed by atoms with van der Waals surface area (Å²) in [6, 6.07) is 8.43. The van der Waals surface area contributed by atoms with E-state index in [1.165, 1.54) is 29.3 Å². The lowest BCUT2D eigenvalue weighted by Crippen LogP contribution is -2.43. The molecule has 6 heteroatoms. The number of amides is 1. The summed E-state index contributed by atoms with van der Waals surface area (Å²) in [5, 5.41) is 4.35. The summed E-state index contributed by atoms with van der Waals surface area (Å²) < 4.78 is 14.3. The molecule has 1 heterocycles. The van der Waals surface area contributed by atoms with Crippen molar-refractivity contribution < 1.29 is 9.18 Å². The lowest BCUT2D eigenvalue weighted by atomic mass is 9.94. The van der Waals surface area contributed by atoms with E-state index < -0.39 is 6.04 Å². The molecule has 2 aromatic rings. The van der Waals surface area contributed by atoms with Gasteiger partial charge in [0, 0.05) is 24.7 Å². The number of hydrogen-bond acceptors (Lipinski definition) is 3. The number of nitrogens with zero attached hydrogens (tertiary/aromatic N) is 3. The van der Waals surface area contributed by atoms with Gasteiger partial charge in [-0.15, -0.1) is 0 Å². The summed E-state index contributed by atoms with van der Waals surface area (Å²) in [6.07, 6.45) is 5.50. The van der Waals surface area contributed by atoms with Crippen molar-refractivity contribution in [2.45, 2.75) is 51.1 Å². The lowest BCUT2D eigenvalue weighted by Gasteiger charge is -2.33. The van der Waals surface area contributed by atoms with Gasteiger partial charge in [0.15, 0.2) is 0 Å². The Labute approximate surface area is 152 Å². The fourth-order valence-electron chi connectivity index (χ4n) is 3.52. The van der Waals surface area contributed by atoms with Gasteiger partial charge in [-0.25, -0.2) is 9.07 Å². The Hall–Kier alpha value is -2.50. The number of halogens is 1. The van der Waals surface area contributed by atoms with E-state index >= 15 is 0 Å². The molecule has 1 fully saturated rings. The Morgan fingerprint density at radius 2 is 1.81 bits per heavy atom. The van der Waals surface area contributed by atoms with Crippen molar-refractivity contribution in [1.82, 2.24) is 14.7 Å². The third-order valence-electron chi connectivity index (χ3n) is 5.16. The van der Waals surface area contributed by atoms with Crippen molar-refractivity contribution in [2.24, 2.45) is 0 Å². The zero-order valence-electron chi connectivity index (χ0n) is 15.2. The third-order valence-corrected chi connectivity index (χ3v) is 5.16. The molecule has 1 aromatic heterocycles. The van der Waals surface area contributed by atoms with Crippen LogP contribution in [0.1, 0.15) is 45.1 Å². The highest BCUT2D eigenvalue weighted by Gasteiger charge is 2.27. The van der Waals surface area contributed by atoms with Crippen LogP contribution in [-0.2, 0) is 4.79 Å². The first-order chi connectivity index (χ1) is 12.5. The molecule has 1 atom stereocenters. The molecule has 3 rings (SSSR count). The highest BCUT2D eigenvalue weighted by atomic mass is 19.1. The molecule has 1 unspecified atom stereocenters. The monoisotopic (exact) mass is 357 g/mol. The van der Waals surface area contributed by atoms with Crippen LogP contribution in [0.5, 0.6) is 0 Å². The van der Waals surface area contributed by atoms with Gasteiger partial charge in [0.2, 0.25) is 5.91 Å². The molecule has 0 spiro atoms. The van der Waals surface area contributed by atoms with Gasteiger partial charge in [-0.05, 0) is 50.1 Å². The van der Waals surface area contributed by atoms with Gasteiger partial charge in [-0.1, -0.05) is 19.3 Å². The van der Waals surface area contributed by atoms with E-state index in [1.807, 2.05) is 7.05 Å². The highest BCUT2D eigenvalue weighted by Crippen LogP contribution is 2.23. The Kier molecular flexibility index (Phi) is 5.49. The molecule has 1 amide bonds. The Morgan fingerprint density at radius 3 is 2.46 bits per heavy atom. The fraction of sp³-hybridized carbons (Fsp3) is 0.450. The van der Waals surface area contributed by atoms with E-state index in [4.69, 9.17) is 0 Å². The van der Waals surface area contributed by atoms with Gasteiger partial charge in [0.25, 0.3) is 5.56 Å². The Bertz CT molecular complexity index is 826. The topological polar surface area (TPSA) is 55.2 Å². The van der Waals surface area contributed by atoms with Crippen molar-refractivity contribution in [1.29, 1.82) is 0 Å². The summed E-state index contributed by atoms with van der Waals surface area (Å²) >= 11 is 0. The molecular weight excluding hydrogens is 333 g/mol. The first-order valence-electron chi connectivity index (χ1n) is 9.10. The van der Waals surface area contributed by atoms with Crippen LogP contribution < -0.4 is 5.56 Å². The standard InChI is InChI=1S/C20H24FN3O2/c1-14(20(26)23(2)17-6-4-3-5-7-17)24-19(25)13-12-18(22-24)15-8-10-16(21)11-9-15/h8-14,17H,3-7H2,1-2H3. The maximum Gasteiger partial charge on any atom is 0.267 e. The van der Waals surface area contributed by atoms with Crippen LogP contribution in [0, 0.1) is 5.82 Å². The van der Waals surface area contributed by atoms with Crippen LogP contribution in [0.3, 0.4) is 0 Å².